The van der Waals surface area contributed by atoms with Crippen molar-refractivity contribution in [3.63, 3.8) is 0 Å². The Balaban J connectivity index is 1.79. The Morgan fingerprint density at radius 2 is 2.06 bits per heavy atom. The Morgan fingerprint density at radius 3 is 2.67 bits per heavy atom. The molecule has 1 aromatic rings. The number of hydrogen-bond donors (Lipinski definition) is 0. The molecule has 3 nitrogen and oxygen atoms in total. The van der Waals surface area contributed by atoms with Crippen LogP contribution >= 0.6 is 11.3 Å². The highest BCUT2D eigenvalue weighted by molar-refractivity contribution is 7.09. The first kappa shape index (κ1) is 13.6. The molecule has 0 aromatic carbocycles. The van der Waals surface area contributed by atoms with Crippen LogP contribution in [0.5, 0.6) is 0 Å². The van der Waals surface area contributed by atoms with Gasteiger partial charge in [0.15, 0.2) is 0 Å². The zero-order valence-electron chi connectivity index (χ0n) is 11.1. The Kier molecular flexibility index (Phi) is 5.20. The van der Waals surface area contributed by atoms with Crippen LogP contribution in [-0.4, -0.2) is 42.4 Å². The first-order valence-corrected chi connectivity index (χ1v) is 7.62. The van der Waals surface area contributed by atoms with Crippen molar-refractivity contribution >= 4 is 17.2 Å². The van der Waals surface area contributed by atoms with Crippen LogP contribution in [0, 0.1) is 0 Å². The third-order valence-electron chi connectivity index (χ3n) is 3.46. The molecule has 0 radical (unpaired) electrons. The molecule has 1 fully saturated rings. The lowest BCUT2D eigenvalue weighted by atomic mass is 10.2. The lowest BCUT2D eigenvalue weighted by Crippen LogP contribution is -2.38. The fourth-order valence-corrected chi connectivity index (χ4v) is 3.09. The van der Waals surface area contributed by atoms with E-state index >= 15 is 0 Å². The van der Waals surface area contributed by atoms with E-state index in [1.165, 1.54) is 30.6 Å². The van der Waals surface area contributed by atoms with Crippen molar-refractivity contribution in [1.82, 2.24) is 9.80 Å². The highest BCUT2D eigenvalue weighted by Crippen LogP contribution is 2.12. The van der Waals surface area contributed by atoms with E-state index in [0.717, 1.165) is 19.6 Å². The maximum absolute atomic E-state index is 12.1. The van der Waals surface area contributed by atoms with Gasteiger partial charge in [-0.15, -0.1) is 11.3 Å². The van der Waals surface area contributed by atoms with Crippen molar-refractivity contribution in [3.05, 3.63) is 22.4 Å². The maximum atomic E-state index is 12.1. The zero-order chi connectivity index (χ0) is 12.8. The fourth-order valence-electron chi connectivity index (χ4n) is 2.33. The van der Waals surface area contributed by atoms with Crippen molar-refractivity contribution in [1.29, 1.82) is 0 Å². The molecule has 1 saturated heterocycles. The summed E-state index contributed by atoms with van der Waals surface area (Å²) in [6.45, 7) is 3.49. The van der Waals surface area contributed by atoms with Crippen LogP contribution < -0.4 is 0 Å². The molecule has 0 aliphatic carbocycles. The van der Waals surface area contributed by atoms with Crippen LogP contribution in [0.4, 0.5) is 0 Å². The predicted molar refractivity (Wildman–Crippen MR) is 75.7 cm³/mol. The summed E-state index contributed by atoms with van der Waals surface area (Å²) >= 11 is 1.71. The topological polar surface area (TPSA) is 23.6 Å². The van der Waals surface area contributed by atoms with Gasteiger partial charge in [-0.1, -0.05) is 18.9 Å². The maximum Gasteiger partial charge on any atom is 0.236 e. The van der Waals surface area contributed by atoms with Gasteiger partial charge < -0.3 is 4.90 Å². The highest BCUT2D eigenvalue weighted by atomic mass is 32.1. The summed E-state index contributed by atoms with van der Waals surface area (Å²) in [6.07, 6.45) is 5.11. The largest absolute Gasteiger partial charge is 0.340 e. The number of carbonyl (C=O) groups excluding carboxylic acids is 1. The van der Waals surface area contributed by atoms with Crippen molar-refractivity contribution in [3.8, 4) is 0 Å². The Labute approximate surface area is 113 Å². The molecular formula is C14H22N2OS. The molecule has 1 amide bonds. The molecule has 2 rings (SSSR count). The summed E-state index contributed by atoms with van der Waals surface area (Å²) in [5.74, 6) is 0.241. The van der Waals surface area contributed by atoms with Crippen LogP contribution in [0.2, 0.25) is 0 Å². The molecule has 0 N–H and O–H groups in total. The number of rotatable bonds is 4. The second-order valence-electron chi connectivity index (χ2n) is 5.02. The van der Waals surface area contributed by atoms with Crippen LogP contribution in [0.25, 0.3) is 0 Å². The van der Waals surface area contributed by atoms with E-state index in [-0.39, 0.29) is 5.91 Å². The number of nitrogens with zero attached hydrogens (tertiary/aromatic N) is 2. The van der Waals surface area contributed by atoms with E-state index in [4.69, 9.17) is 0 Å². The van der Waals surface area contributed by atoms with Gasteiger partial charge >= 0.3 is 0 Å². The molecule has 18 heavy (non-hydrogen) atoms. The molecule has 4 heteroatoms. The van der Waals surface area contributed by atoms with Crippen LogP contribution in [0.1, 0.15) is 30.6 Å². The van der Waals surface area contributed by atoms with Crippen molar-refractivity contribution < 1.29 is 4.79 Å². The number of likely N-dealkylation sites (N-methyl/N-ethyl adjacent to an activating group) is 1. The lowest BCUT2D eigenvalue weighted by Gasteiger charge is -2.23. The van der Waals surface area contributed by atoms with Gasteiger partial charge in [0.05, 0.1) is 13.1 Å². The summed E-state index contributed by atoms with van der Waals surface area (Å²) in [5, 5.41) is 2.06. The normalized spacial score (nSPS) is 17.4. The number of hydrogen-bond acceptors (Lipinski definition) is 3. The Hall–Kier alpha value is -0.870. The molecule has 0 unspecified atom stereocenters. The Morgan fingerprint density at radius 1 is 1.33 bits per heavy atom. The van der Waals surface area contributed by atoms with Crippen molar-refractivity contribution in [2.45, 2.75) is 32.2 Å². The smallest absolute Gasteiger partial charge is 0.236 e. The molecule has 1 aromatic heterocycles. The minimum Gasteiger partial charge on any atom is -0.340 e. The van der Waals surface area contributed by atoms with Crippen LogP contribution in [-0.2, 0) is 11.3 Å². The molecule has 2 heterocycles. The quantitative estimate of drug-likeness (QED) is 0.836. The summed E-state index contributed by atoms with van der Waals surface area (Å²) in [4.78, 5) is 17.5. The third kappa shape index (κ3) is 4.10. The number of carbonyl (C=O) groups is 1. The average Bonchev–Trinajstić information content (AvgIpc) is 2.72. The minimum atomic E-state index is 0.241. The molecule has 0 atom stereocenters. The second kappa shape index (κ2) is 6.90. The highest BCUT2D eigenvalue weighted by Gasteiger charge is 2.16. The molecule has 0 spiro atoms. The summed E-state index contributed by atoms with van der Waals surface area (Å²) < 4.78 is 0. The van der Waals surface area contributed by atoms with Gasteiger partial charge in [0, 0.05) is 11.9 Å². The van der Waals surface area contributed by atoms with Crippen LogP contribution in [0.15, 0.2) is 17.5 Å². The number of thiophene rings is 1. The molecule has 1 aliphatic rings. The van der Waals surface area contributed by atoms with Gasteiger partial charge in [0.1, 0.15) is 0 Å². The summed E-state index contributed by atoms with van der Waals surface area (Å²) in [7, 11) is 1.90. The first-order valence-electron chi connectivity index (χ1n) is 6.74. The van der Waals surface area contributed by atoms with Gasteiger partial charge in [-0.25, -0.2) is 0 Å². The van der Waals surface area contributed by atoms with Crippen LogP contribution in [0.3, 0.4) is 0 Å². The standard InChI is InChI=1S/C14H22N2OS/c1-15(11-13-7-6-10-18-13)14(17)12-16-8-4-2-3-5-9-16/h6-7,10H,2-5,8-9,11-12H2,1H3. The monoisotopic (exact) mass is 266 g/mol. The van der Waals surface area contributed by atoms with E-state index in [2.05, 4.69) is 16.3 Å². The number of likely N-dealkylation sites (tertiary alicyclic amines) is 1. The van der Waals surface area contributed by atoms with Crippen molar-refractivity contribution in [2.75, 3.05) is 26.7 Å². The Bertz CT molecular complexity index is 356. The van der Waals surface area contributed by atoms with E-state index in [1.54, 1.807) is 11.3 Å². The van der Waals surface area contributed by atoms with E-state index < -0.39 is 0 Å². The molecule has 0 saturated carbocycles. The first-order chi connectivity index (χ1) is 8.75. The molecular weight excluding hydrogens is 244 g/mol. The van der Waals surface area contributed by atoms with Gasteiger partial charge in [0.25, 0.3) is 0 Å². The lowest BCUT2D eigenvalue weighted by molar-refractivity contribution is -0.131. The van der Waals surface area contributed by atoms with Gasteiger partial charge in [-0.3, -0.25) is 9.69 Å². The molecule has 1 aliphatic heterocycles. The molecule has 0 bridgehead atoms. The van der Waals surface area contributed by atoms with Gasteiger partial charge in [-0.05, 0) is 37.4 Å². The van der Waals surface area contributed by atoms with E-state index in [0.29, 0.717) is 6.54 Å². The number of amides is 1. The summed E-state index contributed by atoms with van der Waals surface area (Å²) in [6, 6.07) is 4.12. The fraction of sp³-hybridized carbons (Fsp3) is 0.643. The molecule has 100 valence electrons. The third-order valence-corrected chi connectivity index (χ3v) is 4.32. The van der Waals surface area contributed by atoms with Gasteiger partial charge in [0.2, 0.25) is 5.91 Å². The van der Waals surface area contributed by atoms with Crippen molar-refractivity contribution in [2.24, 2.45) is 0 Å². The minimum absolute atomic E-state index is 0.241. The average molecular weight is 266 g/mol. The zero-order valence-corrected chi connectivity index (χ0v) is 11.9. The second-order valence-corrected chi connectivity index (χ2v) is 6.05. The van der Waals surface area contributed by atoms with Gasteiger partial charge in [-0.2, -0.15) is 0 Å². The van der Waals surface area contributed by atoms with E-state index in [1.807, 2.05) is 18.0 Å². The predicted octanol–water partition coefficient (Wildman–Crippen LogP) is 2.58. The SMILES string of the molecule is CN(Cc1cccs1)C(=O)CN1CCCCCC1. The summed E-state index contributed by atoms with van der Waals surface area (Å²) in [5.41, 5.74) is 0. The van der Waals surface area contributed by atoms with E-state index in [9.17, 15) is 4.79 Å².